The number of hydrogen-bond acceptors (Lipinski definition) is 5. The smallest absolute Gasteiger partial charge is 0.255 e. The summed E-state index contributed by atoms with van der Waals surface area (Å²) in [6.45, 7) is 3.96. The van der Waals surface area contributed by atoms with Crippen molar-refractivity contribution in [3.63, 3.8) is 0 Å². The third kappa shape index (κ3) is 6.88. The first-order valence-electron chi connectivity index (χ1n) is 8.66. The van der Waals surface area contributed by atoms with Gasteiger partial charge in [-0.2, -0.15) is 0 Å². The van der Waals surface area contributed by atoms with E-state index in [0.29, 0.717) is 12.1 Å². The van der Waals surface area contributed by atoms with Gasteiger partial charge in [0.05, 0.1) is 11.5 Å². The highest BCUT2D eigenvalue weighted by Crippen LogP contribution is 2.17. The van der Waals surface area contributed by atoms with Crippen LogP contribution < -0.4 is 15.4 Å². The molecule has 9 heteroatoms. The highest BCUT2D eigenvalue weighted by molar-refractivity contribution is 7.89. The molecule has 0 saturated carbocycles. The summed E-state index contributed by atoms with van der Waals surface area (Å²) in [4.78, 5) is 12.6. The van der Waals surface area contributed by atoms with Crippen LogP contribution in [0.25, 0.3) is 0 Å². The van der Waals surface area contributed by atoms with Crippen LogP contribution in [0.5, 0.6) is 0 Å². The summed E-state index contributed by atoms with van der Waals surface area (Å²) >= 11 is 0. The van der Waals surface area contributed by atoms with Gasteiger partial charge in [-0.05, 0) is 42.4 Å². The Labute approximate surface area is 172 Å². The first-order chi connectivity index (χ1) is 13.0. The van der Waals surface area contributed by atoms with E-state index in [1.165, 1.54) is 31.4 Å². The maximum atomic E-state index is 12.5. The lowest BCUT2D eigenvalue weighted by molar-refractivity contribution is 0.102. The number of carbonyl (C=O) groups excluding carboxylic acids is 1. The molecule has 0 aliphatic rings. The Morgan fingerprint density at radius 1 is 1.07 bits per heavy atom. The van der Waals surface area contributed by atoms with E-state index in [2.05, 4.69) is 15.4 Å². The molecule has 0 unspecified atom stereocenters. The summed E-state index contributed by atoms with van der Waals surface area (Å²) in [6.07, 6.45) is 0. The van der Waals surface area contributed by atoms with E-state index in [4.69, 9.17) is 4.74 Å². The molecule has 154 valence electrons. The minimum atomic E-state index is -3.62. The number of nitrogens with one attached hydrogen (secondary N) is 3. The SMILES string of the molecule is CCNCc1ccccc1NC(=O)c1ccc(S(=O)(=O)NCCOC)cc1.Cl. The molecule has 1 amide bonds. The molecule has 0 aromatic heterocycles. The first kappa shape index (κ1) is 24.1. The van der Waals surface area contributed by atoms with Crippen LogP contribution in [0, 0.1) is 0 Å². The van der Waals surface area contributed by atoms with Crippen LogP contribution in [0.4, 0.5) is 5.69 Å². The lowest BCUT2D eigenvalue weighted by atomic mass is 10.1. The molecule has 0 atom stereocenters. The van der Waals surface area contributed by atoms with E-state index in [-0.39, 0.29) is 36.4 Å². The highest BCUT2D eigenvalue weighted by Gasteiger charge is 2.15. The molecule has 0 aliphatic carbocycles. The molecule has 0 heterocycles. The van der Waals surface area contributed by atoms with Crippen LogP contribution in [-0.4, -0.2) is 41.1 Å². The van der Waals surface area contributed by atoms with Gasteiger partial charge in [-0.15, -0.1) is 12.4 Å². The molecule has 0 fully saturated rings. The second-order valence-corrected chi connectivity index (χ2v) is 7.57. The molecule has 2 rings (SSSR count). The summed E-state index contributed by atoms with van der Waals surface area (Å²) < 4.78 is 31.6. The van der Waals surface area contributed by atoms with Gasteiger partial charge in [0.25, 0.3) is 5.91 Å². The summed E-state index contributed by atoms with van der Waals surface area (Å²) in [5.74, 6) is -0.296. The number of para-hydroxylation sites is 1. The van der Waals surface area contributed by atoms with Crippen molar-refractivity contribution in [2.24, 2.45) is 0 Å². The van der Waals surface area contributed by atoms with Gasteiger partial charge in [0, 0.05) is 31.5 Å². The molecule has 0 bridgehead atoms. The van der Waals surface area contributed by atoms with Crippen LogP contribution >= 0.6 is 12.4 Å². The number of halogens is 1. The van der Waals surface area contributed by atoms with Gasteiger partial charge in [0.2, 0.25) is 10.0 Å². The Hall–Kier alpha value is -1.97. The van der Waals surface area contributed by atoms with E-state index in [9.17, 15) is 13.2 Å². The predicted molar refractivity (Wildman–Crippen MR) is 113 cm³/mol. The molecule has 28 heavy (non-hydrogen) atoms. The molecule has 0 spiro atoms. The van der Waals surface area contributed by atoms with E-state index in [0.717, 1.165) is 17.8 Å². The molecule has 2 aromatic rings. The summed E-state index contributed by atoms with van der Waals surface area (Å²) in [6, 6.07) is 13.4. The van der Waals surface area contributed by atoms with Crippen molar-refractivity contribution in [3.05, 3.63) is 59.7 Å². The monoisotopic (exact) mass is 427 g/mol. The van der Waals surface area contributed by atoms with Crippen molar-refractivity contribution >= 4 is 34.0 Å². The normalized spacial score (nSPS) is 10.9. The molecule has 0 saturated heterocycles. The fourth-order valence-electron chi connectivity index (χ4n) is 2.40. The minimum Gasteiger partial charge on any atom is -0.383 e. The lowest BCUT2D eigenvalue weighted by Gasteiger charge is -2.12. The van der Waals surface area contributed by atoms with Gasteiger partial charge < -0.3 is 15.4 Å². The van der Waals surface area contributed by atoms with Gasteiger partial charge in [-0.1, -0.05) is 25.1 Å². The molecular weight excluding hydrogens is 402 g/mol. The standard InChI is InChI=1S/C19H25N3O4S.ClH/c1-3-20-14-16-6-4-5-7-18(16)22-19(23)15-8-10-17(11-9-15)27(24,25)21-12-13-26-2;/h4-11,20-21H,3,12-14H2,1-2H3,(H,22,23);1H. The van der Waals surface area contributed by atoms with Crippen molar-refractivity contribution in [1.29, 1.82) is 0 Å². The second kappa shape index (κ2) is 11.8. The van der Waals surface area contributed by atoms with Crippen molar-refractivity contribution in [1.82, 2.24) is 10.0 Å². The number of methoxy groups -OCH3 is 1. The number of amides is 1. The van der Waals surface area contributed by atoms with Crippen molar-refractivity contribution in [2.75, 3.05) is 32.1 Å². The van der Waals surface area contributed by atoms with Gasteiger partial charge in [-0.25, -0.2) is 13.1 Å². The maximum Gasteiger partial charge on any atom is 0.255 e. The number of rotatable bonds is 10. The minimum absolute atomic E-state index is 0. The molecule has 3 N–H and O–H groups in total. The zero-order valence-electron chi connectivity index (χ0n) is 15.9. The van der Waals surface area contributed by atoms with E-state index in [1.807, 2.05) is 31.2 Å². The number of carbonyl (C=O) groups is 1. The van der Waals surface area contributed by atoms with E-state index < -0.39 is 10.0 Å². The highest BCUT2D eigenvalue weighted by atomic mass is 35.5. The predicted octanol–water partition coefficient (Wildman–Crippen LogP) is 2.39. The number of hydrogen-bond donors (Lipinski definition) is 3. The molecule has 0 radical (unpaired) electrons. The quantitative estimate of drug-likeness (QED) is 0.506. The summed E-state index contributed by atoms with van der Waals surface area (Å²) in [7, 11) is -2.12. The van der Waals surface area contributed by atoms with Crippen molar-refractivity contribution in [2.45, 2.75) is 18.4 Å². The Balaban J connectivity index is 0.00000392. The number of benzene rings is 2. The van der Waals surface area contributed by atoms with Gasteiger partial charge in [-0.3, -0.25) is 4.79 Å². The van der Waals surface area contributed by atoms with Gasteiger partial charge in [0.1, 0.15) is 0 Å². The lowest BCUT2D eigenvalue weighted by Crippen LogP contribution is -2.27. The third-order valence-electron chi connectivity index (χ3n) is 3.86. The van der Waals surface area contributed by atoms with E-state index >= 15 is 0 Å². The summed E-state index contributed by atoms with van der Waals surface area (Å²) in [5, 5.41) is 6.10. The maximum absolute atomic E-state index is 12.5. The molecule has 2 aromatic carbocycles. The average Bonchev–Trinajstić information content (AvgIpc) is 2.67. The Kier molecular flexibility index (Phi) is 10.1. The van der Waals surface area contributed by atoms with Crippen LogP contribution in [0.2, 0.25) is 0 Å². The average molecular weight is 428 g/mol. The van der Waals surface area contributed by atoms with E-state index in [1.54, 1.807) is 0 Å². The Morgan fingerprint density at radius 2 is 1.75 bits per heavy atom. The number of sulfonamides is 1. The van der Waals surface area contributed by atoms with Gasteiger partial charge in [0.15, 0.2) is 0 Å². The molecular formula is C19H26ClN3O4S. The van der Waals surface area contributed by atoms with Crippen LogP contribution in [-0.2, 0) is 21.3 Å². The zero-order chi connectivity index (χ0) is 19.7. The largest absolute Gasteiger partial charge is 0.383 e. The van der Waals surface area contributed by atoms with Crippen molar-refractivity contribution < 1.29 is 17.9 Å². The fraction of sp³-hybridized carbons (Fsp3) is 0.316. The van der Waals surface area contributed by atoms with Crippen LogP contribution in [0.3, 0.4) is 0 Å². The fourth-order valence-corrected chi connectivity index (χ4v) is 3.41. The number of ether oxygens (including phenoxy) is 1. The molecule has 7 nitrogen and oxygen atoms in total. The van der Waals surface area contributed by atoms with Crippen LogP contribution in [0.15, 0.2) is 53.4 Å². The Morgan fingerprint density at radius 3 is 2.39 bits per heavy atom. The summed E-state index contributed by atoms with van der Waals surface area (Å²) in [5.41, 5.74) is 2.08. The Bertz CT molecular complexity index is 858. The van der Waals surface area contributed by atoms with Gasteiger partial charge >= 0.3 is 0 Å². The topological polar surface area (TPSA) is 96.5 Å². The van der Waals surface area contributed by atoms with Crippen LogP contribution in [0.1, 0.15) is 22.8 Å². The number of anilines is 1. The molecule has 0 aliphatic heterocycles. The third-order valence-corrected chi connectivity index (χ3v) is 5.33. The first-order valence-corrected chi connectivity index (χ1v) is 10.1. The van der Waals surface area contributed by atoms with Crippen molar-refractivity contribution in [3.8, 4) is 0 Å². The second-order valence-electron chi connectivity index (χ2n) is 5.81. The zero-order valence-corrected chi connectivity index (χ0v) is 17.5.